The van der Waals surface area contributed by atoms with E-state index in [-0.39, 0.29) is 16.2 Å². The van der Waals surface area contributed by atoms with Crippen molar-refractivity contribution in [2.45, 2.75) is 85.5 Å². The number of hydrogen-bond acceptors (Lipinski definition) is 1. The third kappa shape index (κ3) is 5.27. The standard InChI is InChI=1S/C49H43N.2C2H6/c1-9-10-16-29(2)31-17-12-14-22-44(31)50-30-23-24-33-35-26-42-37(28-41(35)48(5,6)40(33)25-30)46-34-19-15-21-39-45(34)36(27-43(46)49(42,7)8)32-18-11-13-20-38(32)47(39,3)4;2*1-2/h9-28,50H,1-2H2,3-8H3;2*1-2H3/b16-10-;;. The van der Waals surface area contributed by atoms with E-state index < -0.39 is 0 Å². The van der Waals surface area contributed by atoms with Gasteiger partial charge >= 0.3 is 0 Å². The van der Waals surface area contributed by atoms with Crippen LogP contribution in [0.15, 0.2) is 135 Å². The van der Waals surface area contributed by atoms with Crippen molar-refractivity contribution >= 4 is 27.7 Å². The minimum atomic E-state index is -0.159. The van der Waals surface area contributed by atoms with Crippen LogP contribution in [-0.2, 0) is 16.2 Å². The van der Waals surface area contributed by atoms with Gasteiger partial charge in [-0.3, -0.25) is 0 Å². The summed E-state index contributed by atoms with van der Waals surface area (Å²) in [5, 5.41) is 6.53. The summed E-state index contributed by atoms with van der Waals surface area (Å²) in [7, 11) is 0. The predicted molar refractivity (Wildman–Crippen MR) is 237 cm³/mol. The SMILES string of the molecule is C=C/C=C\C(=C)c1ccccc1Nc1ccc2c(c1)C(C)(C)c1cc3c(cc1-2)C(C)(C)c1cc2c4c(cccc4c1-3)C(C)(C)c1ccccc1-2.CC.CC. The van der Waals surface area contributed by atoms with Gasteiger partial charge in [0.05, 0.1) is 0 Å². The Hall–Kier alpha value is -5.40. The molecule has 0 atom stereocenters. The zero-order valence-corrected chi connectivity index (χ0v) is 34.0. The highest BCUT2D eigenvalue weighted by atomic mass is 14.9. The Morgan fingerprint density at radius 1 is 0.537 bits per heavy atom. The number of rotatable bonds is 5. The van der Waals surface area contributed by atoms with E-state index in [1.165, 1.54) is 77.5 Å². The van der Waals surface area contributed by atoms with Gasteiger partial charge in [-0.1, -0.05) is 167 Å². The Balaban J connectivity index is 0.00000109. The monoisotopic (exact) mass is 705 g/mol. The molecule has 0 radical (unpaired) electrons. The number of hydrogen-bond donors (Lipinski definition) is 1. The van der Waals surface area contributed by atoms with Crippen molar-refractivity contribution in [2.24, 2.45) is 0 Å². The third-order valence-corrected chi connectivity index (χ3v) is 12.1. The maximum Gasteiger partial charge on any atom is 0.0463 e. The summed E-state index contributed by atoms with van der Waals surface area (Å²) in [6.45, 7) is 30.5. The van der Waals surface area contributed by atoms with Crippen molar-refractivity contribution in [3.63, 3.8) is 0 Å². The number of para-hydroxylation sites is 1. The summed E-state index contributed by atoms with van der Waals surface area (Å²) in [5.41, 5.74) is 20.5. The van der Waals surface area contributed by atoms with Crippen LogP contribution in [0.1, 0.15) is 108 Å². The van der Waals surface area contributed by atoms with Gasteiger partial charge in [0.1, 0.15) is 0 Å². The number of allylic oxidation sites excluding steroid dienone is 4. The first kappa shape index (κ1) is 36.9. The lowest BCUT2D eigenvalue weighted by molar-refractivity contribution is 0.643. The molecule has 6 aromatic rings. The van der Waals surface area contributed by atoms with E-state index >= 15 is 0 Å². The van der Waals surface area contributed by atoms with E-state index in [1.807, 2.05) is 39.8 Å². The lowest BCUT2D eigenvalue weighted by Gasteiger charge is -2.36. The molecule has 3 aliphatic rings. The Kier molecular flexibility index (Phi) is 9.21. The van der Waals surface area contributed by atoms with Crippen molar-refractivity contribution in [1.82, 2.24) is 0 Å². The minimum absolute atomic E-state index is 0.0718. The molecular weight excluding hydrogens is 651 g/mol. The number of fused-ring (bicyclic) bond motifs is 9. The van der Waals surface area contributed by atoms with Crippen LogP contribution in [0.3, 0.4) is 0 Å². The maximum atomic E-state index is 4.31. The van der Waals surface area contributed by atoms with Crippen LogP contribution >= 0.6 is 0 Å². The summed E-state index contributed by atoms with van der Waals surface area (Å²) in [6, 6.07) is 39.0. The number of anilines is 2. The second-order valence-electron chi connectivity index (χ2n) is 16.0. The number of nitrogens with one attached hydrogen (secondary N) is 1. The van der Waals surface area contributed by atoms with Gasteiger partial charge in [0.15, 0.2) is 0 Å². The van der Waals surface area contributed by atoms with Crippen LogP contribution in [-0.4, -0.2) is 0 Å². The van der Waals surface area contributed by atoms with Crippen LogP contribution in [0, 0.1) is 0 Å². The molecule has 1 heteroatoms. The van der Waals surface area contributed by atoms with Crippen molar-refractivity contribution in [1.29, 1.82) is 0 Å². The van der Waals surface area contributed by atoms with E-state index in [4.69, 9.17) is 0 Å². The van der Waals surface area contributed by atoms with E-state index in [2.05, 4.69) is 163 Å². The lowest BCUT2D eigenvalue weighted by Crippen LogP contribution is -2.24. The van der Waals surface area contributed by atoms with E-state index in [1.54, 1.807) is 6.08 Å². The van der Waals surface area contributed by atoms with Gasteiger partial charge in [0.2, 0.25) is 0 Å². The first-order valence-corrected chi connectivity index (χ1v) is 19.8. The van der Waals surface area contributed by atoms with Gasteiger partial charge in [-0.2, -0.15) is 0 Å². The predicted octanol–water partition coefficient (Wildman–Crippen LogP) is 15.3. The first-order valence-electron chi connectivity index (χ1n) is 19.8. The van der Waals surface area contributed by atoms with Gasteiger partial charge in [-0.15, -0.1) is 0 Å². The molecule has 0 fully saturated rings. The largest absolute Gasteiger partial charge is 0.355 e. The van der Waals surface area contributed by atoms with Gasteiger partial charge in [-0.25, -0.2) is 0 Å². The van der Waals surface area contributed by atoms with Crippen LogP contribution in [0.2, 0.25) is 0 Å². The molecule has 0 saturated carbocycles. The molecule has 0 unspecified atom stereocenters. The molecule has 6 aromatic carbocycles. The Morgan fingerprint density at radius 3 is 1.87 bits per heavy atom. The van der Waals surface area contributed by atoms with E-state index in [0.29, 0.717) is 0 Å². The maximum absolute atomic E-state index is 4.31. The van der Waals surface area contributed by atoms with Crippen molar-refractivity contribution in [3.05, 3.63) is 173 Å². The highest BCUT2D eigenvalue weighted by molar-refractivity contribution is 6.13. The zero-order valence-electron chi connectivity index (χ0n) is 34.0. The fraction of sp³-hybridized carbons (Fsp3) is 0.245. The molecule has 0 aromatic heterocycles. The molecule has 0 saturated heterocycles. The molecule has 9 rings (SSSR count). The zero-order chi connectivity index (χ0) is 38.7. The summed E-state index contributed by atoms with van der Waals surface area (Å²) in [5.74, 6) is 0. The molecule has 1 nitrogen and oxygen atoms in total. The average molecular weight is 706 g/mol. The molecule has 0 spiro atoms. The van der Waals surface area contributed by atoms with Gasteiger partial charge in [0, 0.05) is 33.2 Å². The molecule has 3 aliphatic carbocycles. The average Bonchev–Trinajstić information content (AvgIpc) is 3.55. The number of benzene rings is 6. The molecule has 272 valence electrons. The van der Waals surface area contributed by atoms with Crippen LogP contribution < -0.4 is 5.32 Å². The molecular formula is C53H55N. The second-order valence-corrected chi connectivity index (χ2v) is 16.0. The fourth-order valence-electron chi connectivity index (χ4n) is 9.44. The van der Waals surface area contributed by atoms with Crippen molar-refractivity contribution in [2.75, 3.05) is 5.32 Å². The molecule has 1 N–H and O–H groups in total. The molecule has 0 aliphatic heterocycles. The highest BCUT2D eigenvalue weighted by Gasteiger charge is 2.44. The van der Waals surface area contributed by atoms with Gasteiger partial charge in [0.25, 0.3) is 0 Å². The normalized spacial score (nSPS) is 15.4. The Morgan fingerprint density at radius 2 is 1.11 bits per heavy atom. The first-order chi connectivity index (χ1) is 25.9. The summed E-state index contributed by atoms with van der Waals surface area (Å²) >= 11 is 0. The van der Waals surface area contributed by atoms with Crippen molar-refractivity contribution < 1.29 is 0 Å². The Bertz CT molecular complexity index is 2510. The van der Waals surface area contributed by atoms with Gasteiger partial charge < -0.3 is 5.32 Å². The summed E-state index contributed by atoms with van der Waals surface area (Å²) < 4.78 is 0. The summed E-state index contributed by atoms with van der Waals surface area (Å²) in [4.78, 5) is 0. The molecule has 0 heterocycles. The lowest BCUT2D eigenvalue weighted by atomic mass is 9.67. The molecule has 0 bridgehead atoms. The van der Waals surface area contributed by atoms with Crippen LogP contribution in [0.25, 0.3) is 49.7 Å². The van der Waals surface area contributed by atoms with E-state index in [0.717, 1.165) is 22.5 Å². The third-order valence-electron chi connectivity index (χ3n) is 12.1. The van der Waals surface area contributed by atoms with Crippen LogP contribution in [0.5, 0.6) is 0 Å². The van der Waals surface area contributed by atoms with Gasteiger partial charge in [-0.05, 0) is 120 Å². The minimum Gasteiger partial charge on any atom is -0.355 e. The molecule has 54 heavy (non-hydrogen) atoms. The molecule has 0 amide bonds. The quantitative estimate of drug-likeness (QED) is 0.176. The fourth-order valence-corrected chi connectivity index (χ4v) is 9.44. The Labute approximate surface area is 324 Å². The van der Waals surface area contributed by atoms with E-state index in [9.17, 15) is 0 Å². The summed E-state index contributed by atoms with van der Waals surface area (Å²) in [6.07, 6.45) is 5.72. The van der Waals surface area contributed by atoms with Crippen molar-refractivity contribution in [3.8, 4) is 33.4 Å². The topological polar surface area (TPSA) is 12.0 Å². The smallest absolute Gasteiger partial charge is 0.0463 e. The van der Waals surface area contributed by atoms with Crippen LogP contribution in [0.4, 0.5) is 11.4 Å². The second kappa shape index (κ2) is 13.5. The highest BCUT2D eigenvalue weighted by Crippen LogP contribution is 2.60.